The first-order valence-corrected chi connectivity index (χ1v) is 8.61. The number of aliphatic hydroxyl groups is 1. The molecule has 20 heavy (non-hydrogen) atoms. The van der Waals surface area contributed by atoms with Gasteiger partial charge in [0.1, 0.15) is 0 Å². The minimum atomic E-state index is -0.111. The van der Waals surface area contributed by atoms with Gasteiger partial charge in [-0.1, -0.05) is 33.6 Å². The van der Waals surface area contributed by atoms with Gasteiger partial charge in [-0.3, -0.25) is 0 Å². The number of hydrogen-bond donors (Lipinski definition) is 2. The van der Waals surface area contributed by atoms with E-state index in [-0.39, 0.29) is 12.1 Å². The molecular formula is C17H36N2O. The maximum Gasteiger partial charge on any atom is 0.0611 e. The van der Waals surface area contributed by atoms with Crippen molar-refractivity contribution in [3.63, 3.8) is 0 Å². The van der Waals surface area contributed by atoms with E-state index in [2.05, 4.69) is 37.9 Å². The van der Waals surface area contributed by atoms with Crippen LogP contribution in [-0.2, 0) is 0 Å². The summed E-state index contributed by atoms with van der Waals surface area (Å²) in [6.45, 7) is 13.8. The topological polar surface area (TPSA) is 35.5 Å². The van der Waals surface area contributed by atoms with E-state index in [0.29, 0.717) is 5.41 Å². The molecule has 1 unspecified atom stereocenters. The maximum atomic E-state index is 9.62. The first kappa shape index (κ1) is 17.9. The zero-order valence-corrected chi connectivity index (χ0v) is 14.2. The lowest BCUT2D eigenvalue weighted by Crippen LogP contribution is -2.49. The lowest BCUT2D eigenvalue weighted by atomic mass is 9.74. The molecule has 3 heteroatoms. The smallest absolute Gasteiger partial charge is 0.0611 e. The summed E-state index contributed by atoms with van der Waals surface area (Å²) in [5.74, 6) is 0. The predicted octanol–water partition coefficient (Wildman–Crippen LogP) is 3.03. The molecule has 0 aromatic carbocycles. The minimum absolute atomic E-state index is 0.111. The molecule has 0 bridgehead atoms. The van der Waals surface area contributed by atoms with Crippen molar-refractivity contribution in [2.45, 2.75) is 71.8 Å². The van der Waals surface area contributed by atoms with E-state index in [1.807, 2.05) is 0 Å². The molecule has 2 N–H and O–H groups in total. The molecule has 0 amide bonds. The van der Waals surface area contributed by atoms with Gasteiger partial charge in [0.25, 0.3) is 0 Å². The Morgan fingerprint density at radius 3 is 2.20 bits per heavy atom. The maximum absolute atomic E-state index is 9.62. The van der Waals surface area contributed by atoms with Crippen LogP contribution in [0.4, 0.5) is 0 Å². The Kier molecular flexibility index (Phi) is 7.49. The summed E-state index contributed by atoms with van der Waals surface area (Å²) in [5.41, 5.74) is 0.497. The van der Waals surface area contributed by atoms with Crippen LogP contribution in [0.5, 0.6) is 0 Å². The van der Waals surface area contributed by atoms with Crippen LogP contribution in [-0.4, -0.2) is 48.3 Å². The van der Waals surface area contributed by atoms with Gasteiger partial charge in [0.05, 0.1) is 6.61 Å². The summed E-state index contributed by atoms with van der Waals surface area (Å²) >= 11 is 0. The van der Waals surface area contributed by atoms with Gasteiger partial charge in [0.15, 0.2) is 0 Å². The fraction of sp³-hybridized carbons (Fsp3) is 1.00. The molecule has 0 radical (unpaired) electrons. The molecule has 1 atom stereocenters. The van der Waals surface area contributed by atoms with Crippen molar-refractivity contribution in [3.8, 4) is 0 Å². The Balaban J connectivity index is 2.36. The van der Waals surface area contributed by atoms with E-state index < -0.39 is 0 Å². The minimum Gasteiger partial charge on any atom is -0.394 e. The van der Waals surface area contributed by atoms with E-state index in [1.54, 1.807) is 0 Å². The van der Waals surface area contributed by atoms with Crippen molar-refractivity contribution < 1.29 is 5.11 Å². The van der Waals surface area contributed by atoms with E-state index in [9.17, 15) is 5.11 Å². The molecule has 0 aliphatic carbocycles. The van der Waals surface area contributed by atoms with Gasteiger partial charge < -0.3 is 15.3 Å². The zero-order chi connectivity index (χ0) is 15.1. The molecule has 1 aliphatic rings. The van der Waals surface area contributed by atoms with E-state index in [0.717, 1.165) is 25.9 Å². The molecule has 1 fully saturated rings. The van der Waals surface area contributed by atoms with Gasteiger partial charge in [-0.15, -0.1) is 0 Å². The summed E-state index contributed by atoms with van der Waals surface area (Å²) in [5, 5.41) is 13.1. The SMILES string of the molecule is CCCNC(C)(CO)CCN1CCC(CC)(CC)CC1. The van der Waals surface area contributed by atoms with Crippen molar-refractivity contribution in [1.82, 2.24) is 10.2 Å². The third-order valence-electron chi connectivity index (χ3n) is 5.55. The molecule has 0 aromatic heterocycles. The van der Waals surface area contributed by atoms with Crippen molar-refractivity contribution in [2.24, 2.45) is 5.41 Å². The second-order valence-electron chi connectivity index (χ2n) is 6.94. The van der Waals surface area contributed by atoms with E-state index in [1.165, 1.54) is 38.8 Å². The molecule has 1 aliphatic heterocycles. The monoisotopic (exact) mass is 284 g/mol. The Hall–Kier alpha value is -0.120. The van der Waals surface area contributed by atoms with E-state index in [4.69, 9.17) is 0 Å². The molecule has 1 saturated heterocycles. The van der Waals surface area contributed by atoms with E-state index >= 15 is 0 Å². The third kappa shape index (κ3) is 5.01. The van der Waals surface area contributed by atoms with Crippen LogP contribution in [0.15, 0.2) is 0 Å². The fourth-order valence-corrected chi connectivity index (χ4v) is 3.26. The normalized spacial score (nSPS) is 22.6. The first-order valence-electron chi connectivity index (χ1n) is 8.61. The molecular weight excluding hydrogens is 248 g/mol. The highest BCUT2D eigenvalue weighted by molar-refractivity contribution is 4.87. The van der Waals surface area contributed by atoms with Gasteiger partial charge in [-0.05, 0) is 64.2 Å². The largest absolute Gasteiger partial charge is 0.394 e. The second kappa shape index (κ2) is 8.35. The number of nitrogens with one attached hydrogen (secondary N) is 1. The first-order chi connectivity index (χ1) is 9.53. The van der Waals surface area contributed by atoms with Gasteiger partial charge in [-0.25, -0.2) is 0 Å². The fourth-order valence-electron chi connectivity index (χ4n) is 3.26. The van der Waals surface area contributed by atoms with Crippen molar-refractivity contribution >= 4 is 0 Å². The highest BCUT2D eigenvalue weighted by Crippen LogP contribution is 2.37. The summed E-state index contributed by atoms with van der Waals surface area (Å²) < 4.78 is 0. The third-order valence-corrected chi connectivity index (χ3v) is 5.55. The molecule has 120 valence electrons. The number of hydrogen-bond acceptors (Lipinski definition) is 3. The van der Waals surface area contributed by atoms with Crippen molar-refractivity contribution in [1.29, 1.82) is 0 Å². The highest BCUT2D eigenvalue weighted by Gasteiger charge is 2.32. The molecule has 1 heterocycles. The molecule has 3 nitrogen and oxygen atoms in total. The molecule has 1 rings (SSSR count). The molecule has 0 spiro atoms. The van der Waals surface area contributed by atoms with Crippen LogP contribution in [0, 0.1) is 5.41 Å². The predicted molar refractivity (Wildman–Crippen MR) is 87.1 cm³/mol. The van der Waals surface area contributed by atoms with Crippen LogP contribution in [0.2, 0.25) is 0 Å². The Bertz CT molecular complexity index is 256. The summed E-state index contributed by atoms with van der Waals surface area (Å²) in [6, 6.07) is 0. The highest BCUT2D eigenvalue weighted by atomic mass is 16.3. The molecule has 0 aromatic rings. The number of aliphatic hydroxyl groups excluding tert-OH is 1. The summed E-state index contributed by atoms with van der Waals surface area (Å²) in [6.07, 6.45) is 7.49. The van der Waals surface area contributed by atoms with Crippen LogP contribution in [0.1, 0.15) is 66.2 Å². The van der Waals surface area contributed by atoms with Gasteiger partial charge in [0.2, 0.25) is 0 Å². The van der Waals surface area contributed by atoms with Gasteiger partial charge in [0, 0.05) is 5.54 Å². The Morgan fingerprint density at radius 2 is 1.75 bits per heavy atom. The molecule has 0 saturated carbocycles. The van der Waals surface area contributed by atoms with Gasteiger partial charge >= 0.3 is 0 Å². The van der Waals surface area contributed by atoms with Crippen LogP contribution < -0.4 is 5.32 Å². The van der Waals surface area contributed by atoms with Crippen LogP contribution in [0.3, 0.4) is 0 Å². The Labute approximate surface area is 126 Å². The lowest BCUT2D eigenvalue weighted by Gasteiger charge is -2.42. The lowest BCUT2D eigenvalue weighted by molar-refractivity contribution is 0.0805. The number of piperidine rings is 1. The standard InChI is InChI=1S/C17H36N2O/c1-5-11-18-16(4,15-20)8-12-19-13-9-17(6-2,7-3)10-14-19/h18,20H,5-15H2,1-4H3. The summed E-state index contributed by atoms with van der Waals surface area (Å²) in [4.78, 5) is 2.59. The average molecular weight is 284 g/mol. The number of likely N-dealkylation sites (tertiary alicyclic amines) is 1. The zero-order valence-electron chi connectivity index (χ0n) is 14.2. The Morgan fingerprint density at radius 1 is 1.15 bits per heavy atom. The quantitative estimate of drug-likeness (QED) is 0.683. The second-order valence-corrected chi connectivity index (χ2v) is 6.94. The van der Waals surface area contributed by atoms with Crippen LogP contribution >= 0.6 is 0 Å². The number of rotatable bonds is 9. The van der Waals surface area contributed by atoms with Crippen molar-refractivity contribution in [2.75, 3.05) is 32.8 Å². The number of nitrogens with zero attached hydrogens (tertiary/aromatic N) is 1. The summed E-state index contributed by atoms with van der Waals surface area (Å²) in [7, 11) is 0. The van der Waals surface area contributed by atoms with Gasteiger partial charge in [-0.2, -0.15) is 0 Å². The van der Waals surface area contributed by atoms with Crippen molar-refractivity contribution in [3.05, 3.63) is 0 Å². The van der Waals surface area contributed by atoms with Crippen LogP contribution in [0.25, 0.3) is 0 Å². The average Bonchev–Trinajstić information content (AvgIpc) is 2.51.